The standard InChI is InChI=1S/C16H26O4Si2/c1-16(2,3)21-20-22(4,5)13-8-6-12(7-9-13)14(17)10-11-15(18)19/h6-9H,10-11,21H2,1-5H3,(H,18,19). The van der Waals surface area contributed by atoms with E-state index in [9.17, 15) is 9.59 Å². The number of Topliss-reactive ketones (excluding diaryl/α,β-unsaturated/α-hetero) is 1. The van der Waals surface area contributed by atoms with E-state index in [0.717, 1.165) is 0 Å². The Balaban J connectivity index is 2.74. The van der Waals surface area contributed by atoms with E-state index in [1.807, 2.05) is 12.1 Å². The van der Waals surface area contributed by atoms with Crippen molar-refractivity contribution in [3.8, 4) is 0 Å². The Bertz CT molecular complexity index is 530. The zero-order valence-electron chi connectivity index (χ0n) is 14.1. The topological polar surface area (TPSA) is 63.6 Å². The molecule has 0 aliphatic heterocycles. The minimum Gasteiger partial charge on any atom is -0.481 e. The predicted octanol–water partition coefficient (Wildman–Crippen LogP) is 2.46. The summed E-state index contributed by atoms with van der Waals surface area (Å²) in [4.78, 5) is 22.4. The number of hydrogen-bond acceptors (Lipinski definition) is 3. The van der Waals surface area contributed by atoms with Crippen molar-refractivity contribution in [2.45, 2.75) is 51.7 Å². The molecule has 0 saturated carbocycles. The lowest BCUT2D eigenvalue weighted by molar-refractivity contribution is -0.136. The number of rotatable bonds is 7. The van der Waals surface area contributed by atoms with Crippen LogP contribution in [0.25, 0.3) is 0 Å². The number of aliphatic carboxylic acids is 1. The van der Waals surface area contributed by atoms with Crippen LogP contribution in [0.1, 0.15) is 44.0 Å². The third-order valence-electron chi connectivity index (χ3n) is 3.33. The Morgan fingerprint density at radius 1 is 1.14 bits per heavy atom. The van der Waals surface area contributed by atoms with Crippen LogP contribution in [0.15, 0.2) is 24.3 Å². The first-order chi connectivity index (χ1) is 10.0. The second-order valence-electron chi connectivity index (χ2n) is 7.25. The molecule has 0 bridgehead atoms. The van der Waals surface area contributed by atoms with E-state index in [-0.39, 0.29) is 23.7 Å². The zero-order valence-corrected chi connectivity index (χ0v) is 16.5. The normalized spacial score (nSPS) is 12.8. The molecule has 0 aliphatic carbocycles. The maximum absolute atomic E-state index is 11.9. The molecule has 0 saturated heterocycles. The Labute approximate surface area is 136 Å². The highest BCUT2D eigenvalue weighted by Crippen LogP contribution is 2.22. The second-order valence-corrected chi connectivity index (χ2v) is 14.4. The number of carbonyl (C=O) groups is 2. The number of hydrogen-bond donors (Lipinski definition) is 1. The number of ketones is 1. The first-order valence-corrected chi connectivity index (χ1v) is 11.7. The lowest BCUT2D eigenvalue weighted by Gasteiger charge is -2.28. The molecule has 0 unspecified atom stereocenters. The van der Waals surface area contributed by atoms with Gasteiger partial charge in [0.1, 0.15) is 0 Å². The summed E-state index contributed by atoms with van der Waals surface area (Å²) in [6, 6.07) is 7.49. The summed E-state index contributed by atoms with van der Waals surface area (Å²) in [5, 5.41) is 10.1. The summed E-state index contributed by atoms with van der Waals surface area (Å²) in [5.41, 5.74) is 0.572. The minimum atomic E-state index is -1.93. The van der Waals surface area contributed by atoms with Gasteiger partial charge in [0.2, 0.25) is 8.32 Å². The Morgan fingerprint density at radius 3 is 2.14 bits per heavy atom. The summed E-state index contributed by atoms with van der Waals surface area (Å²) in [5.74, 6) is -1.07. The zero-order chi connectivity index (χ0) is 17.0. The van der Waals surface area contributed by atoms with Gasteiger partial charge < -0.3 is 9.22 Å². The van der Waals surface area contributed by atoms with Crippen molar-refractivity contribution in [2.75, 3.05) is 0 Å². The van der Waals surface area contributed by atoms with Crippen molar-refractivity contribution in [1.29, 1.82) is 0 Å². The van der Waals surface area contributed by atoms with Crippen molar-refractivity contribution in [2.24, 2.45) is 0 Å². The number of benzene rings is 1. The van der Waals surface area contributed by atoms with E-state index in [4.69, 9.17) is 9.22 Å². The molecule has 1 N–H and O–H groups in total. The molecule has 0 amide bonds. The molecule has 122 valence electrons. The monoisotopic (exact) mass is 338 g/mol. The van der Waals surface area contributed by atoms with Crippen LogP contribution in [0.4, 0.5) is 0 Å². The molecular formula is C16H26O4Si2. The molecule has 0 atom stereocenters. The van der Waals surface area contributed by atoms with E-state index in [0.29, 0.717) is 5.56 Å². The van der Waals surface area contributed by atoms with Gasteiger partial charge in [-0.25, -0.2) is 0 Å². The third-order valence-corrected chi connectivity index (χ3v) is 9.39. The molecule has 4 nitrogen and oxygen atoms in total. The second kappa shape index (κ2) is 7.35. The van der Waals surface area contributed by atoms with Crippen molar-refractivity contribution in [3.63, 3.8) is 0 Å². The van der Waals surface area contributed by atoms with Gasteiger partial charge in [0.05, 0.1) is 6.42 Å². The average molecular weight is 339 g/mol. The fraction of sp³-hybridized carbons (Fsp3) is 0.500. The van der Waals surface area contributed by atoms with Gasteiger partial charge in [-0.15, -0.1) is 0 Å². The van der Waals surface area contributed by atoms with Crippen molar-refractivity contribution >= 4 is 35.0 Å². The van der Waals surface area contributed by atoms with Crippen LogP contribution in [0.5, 0.6) is 0 Å². The van der Waals surface area contributed by atoms with Crippen molar-refractivity contribution in [3.05, 3.63) is 29.8 Å². The van der Waals surface area contributed by atoms with Gasteiger partial charge in [-0.2, -0.15) is 0 Å². The van der Waals surface area contributed by atoms with Crippen LogP contribution in [0.2, 0.25) is 18.1 Å². The maximum atomic E-state index is 11.9. The van der Waals surface area contributed by atoms with Gasteiger partial charge in [0.25, 0.3) is 0 Å². The van der Waals surface area contributed by atoms with Gasteiger partial charge in [-0.05, 0) is 23.3 Å². The van der Waals surface area contributed by atoms with E-state index in [1.165, 1.54) is 5.19 Å². The van der Waals surface area contributed by atoms with Gasteiger partial charge in [0.15, 0.2) is 15.5 Å². The van der Waals surface area contributed by atoms with Crippen molar-refractivity contribution in [1.82, 2.24) is 0 Å². The lowest BCUT2D eigenvalue weighted by Crippen LogP contribution is -2.46. The molecule has 0 aromatic heterocycles. The summed E-state index contributed by atoms with van der Waals surface area (Å²) in [7, 11) is -2.54. The highest BCUT2D eigenvalue weighted by molar-refractivity contribution is 6.87. The molecule has 1 aromatic carbocycles. The van der Waals surface area contributed by atoms with E-state index >= 15 is 0 Å². The highest BCUT2D eigenvalue weighted by atomic mass is 28.4. The molecule has 0 radical (unpaired) electrons. The Morgan fingerprint density at radius 2 is 1.68 bits per heavy atom. The van der Waals surface area contributed by atoms with Crippen LogP contribution < -0.4 is 5.19 Å². The van der Waals surface area contributed by atoms with Crippen LogP contribution in [0, 0.1) is 0 Å². The molecule has 0 aliphatic rings. The summed E-state index contributed by atoms with van der Waals surface area (Å²) < 4.78 is 6.27. The van der Waals surface area contributed by atoms with Gasteiger partial charge in [0, 0.05) is 12.0 Å². The first kappa shape index (κ1) is 18.8. The Kier molecular flexibility index (Phi) is 6.28. The fourth-order valence-electron chi connectivity index (χ4n) is 1.90. The number of carboxylic acids is 1. The smallest absolute Gasteiger partial charge is 0.303 e. The highest BCUT2D eigenvalue weighted by Gasteiger charge is 2.27. The predicted molar refractivity (Wildman–Crippen MR) is 94.1 cm³/mol. The molecule has 6 heteroatoms. The van der Waals surface area contributed by atoms with Crippen LogP contribution in [-0.2, 0) is 8.91 Å². The molecule has 0 heterocycles. The van der Waals surface area contributed by atoms with Crippen LogP contribution in [0.3, 0.4) is 0 Å². The van der Waals surface area contributed by atoms with E-state index in [2.05, 4.69) is 33.9 Å². The van der Waals surface area contributed by atoms with E-state index in [1.54, 1.807) is 12.1 Å². The van der Waals surface area contributed by atoms with E-state index < -0.39 is 24.0 Å². The van der Waals surface area contributed by atoms with Crippen molar-refractivity contribution < 1.29 is 18.8 Å². The first-order valence-electron chi connectivity index (χ1n) is 7.51. The van der Waals surface area contributed by atoms with Gasteiger partial charge in [-0.3, -0.25) is 9.59 Å². The van der Waals surface area contributed by atoms with Gasteiger partial charge in [-0.1, -0.05) is 45.0 Å². The average Bonchev–Trinajstić information content (AvgIpc) is 2.42. The van der Waals surface area contributed by atoms with Crippen LogP contribution >= 0.6 is 0 Å². The largest absolute Gasteiger partial charge is 0.481 e. The lowest BCUT2D eigenvalue weighted by atomic mass is 10.1. The summed E-state index contributed by atoms with van der Waals surface area (Å²) in [6.07, 6.45) is -0.0793. The minimum absolute atomic E-state index is 0.0446. The van der Waals surface area contributed by atoms with Gasteiger partial charge >= 0.3 is 5.97 Å². The molecule has 1 aromatic rings. The maximum Gasteiger partial charge on any atom is 0.303 e. The SMILES string of the molecule is CC(C)(C)[SiH2]O[Si](C)(C)c1ccc(C(=O)CCC(=O)O)cc1. The molecule has 22 heavy (non-hydrogen) atoms. The number of carbonyl (C=O) groups excluding carboxylic acids is 1. The molecule has 1 rings (SSSR count). The molecule has 0 fully saturated rings. The molecule has 0 spiro atoms. The summed E-state index contributed by atoms with van der Waals surface area (Å²) in [6.45, 7) is 11.0. The van der Waals surface area contributed by atoms with Crippen LogP contribution in [-0.4, -0.2) is 34.9 Å². The number of carboxylic acid groups (broad SMARTS) is 1. The molecular weight excluding hydrogens is 312 g/mol. The fourth-order valence-corrected chi connectivity index (χ4v) is 6.71. The summed E-state index contributed by atoms with van der Waals surface area (Å²) >= 11 is 0. The Hall–Kier alpha value is -1.25. The quantitative estimate of drug-likeness (QED) is 0.613. The third kappa shape index (κ3) is 6.25.